The summed E-state index contributed by atoms with van der Waals surface area (Å²) in [6.07, 6.45) is 6.13. The highest BCUT2D eigenvalue weighted by molar-refractivity contribution is 6.29. The molecule has 1 atom stereocenters. The van der Waals surface area contributed by atoms with Gasteiger partial charge in [0.25, 0.3) is 0 Å². The van der Waals surface area contributed by atoms with Crippen LogP contribution in [-0.4, -0.2) is 34.7 Å². The molecule has 3 rings (SSSR count). The zero-order valence-corrected chi connectivity index (χ0v) is 13.1. The van der Waals surface area contributed by atoms with E-state index in [0.717, 1.165) is 17.5 Å². The number of hydrogen-bond acceptors (Lipinski definition) is 5. The van der Waals surface area contributed by atoms with Crippen molar-refractivity contribution in [2.24, 2.45) is 0 Å². The Bertz CT molecular complexity index is 789. The van der Waals surface area contributed by atoms with Gasteiger partial charge >= 0.3 is 0 Å². The van der Waals surface area contributed by atoms with Gasteiger partial charge in [-0.25, -0.2) is 4.98 Å². The van der Waals surface area contributed by atoms with Crippen LogP contribution in [0.15, 0.2) is 30.6 Å². The number of nitrogens with zero attached hydrogens (tertiary/aromatic N) is 2. The van der Waals surface area contributed by atoms with Gasteiger partial charge in [0.1, 0.15) is 5.15 Å². The van der Waals surface area contributed by atoms with E-state index in [-0.39, 0.29) is 11.9 Å². The molecule has 6 nitrogen and oxygen atoms in total. The molecule has 2 aromatic rings. The Morgan fingerprint density at radius 1 is 1.48 bits per heavy atom. The minimum absolute atomic E-state index is 0.0924. The quantitative estimate of drug-likeness (QED) is 0.579. The second-order valence-electron chi connectivity index (χ2n) is 5.35. The number of fused-ring (bicyclic) bond motifs is 1. The molecule has 0 unspecified atom stereocenters. The maximum absolute atomic E-state index is 11.2. The summed E-state index contributed by atoms with van der Waals surface area (Å²) in [5.41, 5.74) is 2.91. The standard InChI is InChI=1S/C16H16ClN5O/c17-15-3-2-13-14(22-15)5-10(8-20-13)11(6-18)7-19-9-12-1-4-16(23)21-12/h2-3,5-8,12,18-19H,1,4,9H2,(H,21,23)/b11-7+,18-6?/t12-/m0/s1. The topological polar surface area (TPSA) is 90.8 Å². The molecule has 7 heteroatoms. The van der Waals surface area contributed by atoms with Crippen LogP contribution < -0.4 is 10.6 Å². The fraction of sp³-hybridized carbons (Fsp3) is 0.250. The van der Waals surface area contributed by atoms with Crippen molar-refractivity contribution in [2.45, 2.75) is 18.9 Å². The highest BCUT2D eigenvalue weighted by atomic mass is 35.5. The van der Waals surface area contributed by atoms with Crippen molar-refractivity contribution < 1.29 is 4.79 Å². The molecular formula is C16H16ClN5O. The van der Waals surface area contributed by atoms with Crippen molar-refractivity contribution in [2.75, 3.05) is 6.54 Å². The van der Waals surface area contributed by atoms with Crippen molar-refractivity contribution in [1.29, 1.82) is 5.41 Å². The molecule has 0 aliphatic carbocycles. The Morgan fingerprint density at radius 3 is 3.09 bits per heavy atom. The number of halogens is 1. The van der Waals surface area contributed by atoms with E-state index >= 15 is 0 Å². The number of rotatable bonds is 5. The van der Waals surface area contributed by atoms with Crippen LogP contribution in [0.1, 0.15) is 18.4 Å². The van der Waals surface area contributed by atoms with E-state index < -0.39 is 0 Å². The summed E-state index contributed by atoms with van der Waals surface area (Å²) >= 11 is 5.91. The lowest BCUT2D eigenvalue weighted by Gasteiger charge is -2.10. The van der Waals surface area contributed by atoms with Gasteiger partial charge in [0.05, 0.1) is 11.0 Å². The Kier molecular flexibility index (Phi) is 4.52. The molecule has 0 bridgehead atoms. The second kappa shape index (κ2) is 6.75. The van der Waals surface area contributed by atoms with E-state index in [2.05, 4.69) is 20.6 Å². The van der Waals surface area contributed by atoms with Crippen LogP contribution in [0.4, 0.5) is 0 Å². The van der Waals surface area contributed by atoms with Gasteiger partial charge in [-0.05, 0) is 24.6 Å². The Hall–Kier alpha value is -2.47. The predicted molar refractivity (Wildman–Crippen MR) is 90.5 cm³/mol. The molecule has 118 valence electrons. The smallest absolute Gasteiger partial charge is 0.220 e. The first-order valence-electron chi connectivity index (χ1n) is 7.32. The van der Waals surface area contributed by atoms with Crippen molar-refractivity contribution in [1.82, 2.24) is 20.6 Å². The first kappa shape index (κ1) is 15.4. The summed E-state index contributed by atoms with van der Waals surface area (Å²) in [5, 5.41) is 14.0. The first-order valence-corrected chi connectivity index (χ1v) is 7.69. The second-order valence-corrected chi connectivity index (χ2v) is 5.74. The average molecular weight is 330 g/mol. The van der Waals surface area contributed by atoms with Gasteiger partial charge in [-0.3, -0.25) is 9.78 Å². The highest BCUT2D eigenvalue weighted by Gasteiger charge is 2.19. The van der Waals surface area contributed by atoms with Crippen LogP contribution in [0.25, 0.3) is 16.6 Å². The van der Waals surface area contributed by atoms with E-state index in [4.69, 9.17) is 17.0 Å². The molecule has 3 heterocycles. The molecule has 1 fully saturated rings. The van der Waals surface area contributed by atoms with Crippen LogP contribution in [0.3, 0.4) is 0 Å². The fourth-order valence-corrected chi connectivity index (χ4v) is 2.64. The number of carbonyl (C=O) groups excluding carboxylic acids is 1. The van der Waals surface area contributed by atoms with Crippen LogP contribution in [0.5, 0.6) is 0 Å². The van der Waals surface area contributed by atoms with Crippen LogP contribution in [-0.2, 0) is 4.79 Å². The molecule has 1 saturated heterocycles. The van der Waals surface area contributed by atoms with E-state index in [1.807, 2.05) is 12.1 Å². The predicted octanol–water partition coefficient (Wildman–Crippen LogP) is 2.14. The number of hydrogen-bond donors (Lipinski definition) is 3. The Balaban J connectivity index is 1.75. The van der Waals surface area contributed by atoms with Crippen LogP contribution in [0.2, 0.25) is 5.15 Å². The molecule has 3 N–H and O–H groups in total. The molecular weight excluding hydrogens is 314 g/mol. The zero-order chi connectivity index (χ0) is 16.2. The summed E-state index contributed by atoms with van der Waals surface area (Å²) in [7, 11) is 0. The van der Waals surface area contributed by atoms with Crippen LogP contribution >= 0.6 is 11.6 Å². The Morgan fingerprint density at radius 2 is 2.35 bits per heavy atom. The summed E-state index contributed by atoms with van der Waals surface area (Å²) in [5.74, 6) is 0.0924. The summed E-state index contributed by atoms with van der Waals surface area (Å²) in [6, 6.07) is 5.50. The third kappa shape index (κ3) is 3.65. The van der Waals surface area contributed by atoms with Gasteiger partial charge in [0.2, 0.25) is 5.91 Å². The van der Waals surface area contributed by atoms with Gasteiger partial charge in [0.15, 0.2) is 0 Å². The summed E-state index contributed by atoms with van der Waals surface area (Å²) < 4.78 is 0. The molecule has 2 aromatic heterocycles. The van der Waals surface area contributed by atoms with E-state index in [1.165, 1.54) is 6.21 Å². The van der Waals surface area contributed by atoms with Gasteiger partial charge in [-0.1, -0.05) is 11.6 Å². The largest absolute Gasteiger partial charge is 0.388 e. The van der Waals surface area contributed by atoms with Crippen LogP contribution in [0, 0.1) is 5.41 Å². The normalized spacial score (nSPS) is 18.0. The lowest BCUT2D eigenvalue weighted by molar-refractivity contribution is -0.119. The minimum Gasteiger partial charge on any atom is -0.388 e. The first-order chi connectivity index (χ1) is 11.2. The zero-order valence-electron chi connectivity index (χ0n) is 12.3. The lowest BCUT2D eigenvalue weighted by Crippen LogP contribution is -2.33. The highest BCUT2D eigenvalue weighted by Crippen LogP contribution is 2.18. The summed E-state index contributed by atoms with van der Waals surface area (Å²) in [4.78, 5) is 19.7. The van der Waals surface area contributed by atoms with Crippen molar-refractivity contribution >= 4 is 40.3 Å². The van der Waals surface area contributed by atoms with Gasteiger partial charge < -0.3 is 16.0 Å². The lowest BCUT2D eigenvalue weighted by atomic mass is 10.1. The van der Waals surface area contributed by atoms with Crippen molar-refractivity contribution in [3.63, 3.8) is 0 Å². The average Bonchev–Trinajstić information content (AvgIpc) is 2.96. The maximum atomic E-state index is 11.2. The maximum Gasteiger partial charge on any atom is 0.220 e. The monoisotopic (exact) mass is 329 g/mol. The molecule has 0 aromatic carbocycles. The van der Waals surface area contributed by atoms with Gasteiger partial charge in [-0.15, -0.1) is 0 Å². The molecule has 1 aliphatic rings. The Labute approximate surface area is 138 Å². The molecule has 0 saturated carbocycles. The number of carbonyl (C=O) groups is 1. The number of pyridine rings is 2. The molecule has 1 aliphatic heterocycles. The summed E-state index contributed by atoms with van der Waals surface area (Å²) in [6.45, 7) is 0.633. The van der Waals surface area contributed by atoms with Crippen molar-refractivity contribution in [3.05, 3.63) is 41.3 Å². The van der Waals surface area contributed by atoms with E-state index in [9.17, 15) is 4.79 Å². The molecule has 0 spiro atoms. The molecule has 0 radical (unpaired) electrons. The SMILES string of the molecule is N=C/C(=C\NC[C@@H]1CCC(=O)N1)c1cnc2ccc(Cl)nc2c1. The van der Waals surface area contributed by atoms with Gasteiger partial charge in [0, 0.05) is 48.8 Å². The minimum atomic E-state index is 0.0924. The van der Waals surface area contributed by atoms with Gasteiger partial charge in [-0.2, -0.15) is 0 Å². The van der Waals surface area contributed by atoms with E-state index in [1.54, 1.807) is 18.5 Å². The third-order valence-corrected chi connectivity index (χ3v) is 3.91. The number of allylic oxidation sites excluding steroid dienone is 1. The number of amides is 1. The number of aromatic nitrogens is 2. The van der Waals surface area contributed by atoms with E-state index in [0.29, 0.717) is 29.2 Å². The number of nitrogens with one attached hydrogen (secondary N) is 3. The fourth-order valence-electron chi connectivity index (χ4n) is 2.49. The molecule has 23 heavy (non-hydrogen) atoms. The van der Waals surface area contributed by atoms with Crippen molar-refractivity contribution in [3.8, 4) is 0 Å². The third-order valence-electron chi connectivity index (χ3n) is 3.70. The molecule has 1 amide bonds.